The topological polar surface area (TPSA) is 105 Å². The van der Waals surface area contributed by atoms with Crippen molar-refractivity contribution in [3.05, 3.63) is 53.0 Å². The zero-order chi connectivity index (χ0) is 20.2. The van der Waals surface area contributed by atoms with Gasteiger partial charge in [0.05, 0.1) is 15.5 Å². The largest absolute Gasteiger partial charge is 0.280 e. The summed E-state index contributed by atoms with van der Waals surface area (Å²) in [7, 11) is -7.70. The van der Waals surface area contributed by atoms with Crippen molar-refractivity contribution in [2.75, 3.05) is 11.3 Å². The summed E-state index contributed by atoms with van der Waals surface area (Å²) in [4.78, 5) is 4.31. The van der Waals surface area contributed by atoms with Crippen molar-refractivity contribution in [1.82, 2.24) is 4.72 Å². The maximum atomic E-state index is 12.7. The summed E-state index contributed by atoms with van der Waals surface area (Å²) in [6, 6.07) is 11.9. The highest BCUT2D eigenvalue weighted by Crippen LogP contribution is 2.22. The number of anilines is 1. The second kappa shape index (κ2) is 8.62. The van der Waals surface area contributed by atoms with Crippen LogP contribution in [0.15, 0.2) is 67.8 Å². The van der Waals surface area contributed by atoms with Crippen LogP contribution >= 0.6 is 15.9 Å². The minimum absolute atomic E-state index is 0.0334. The maximum absolute atomic E-state index is 12.7. The molecule has 0 spiro atoms. The molecule has 0 saturated carbocycles. The Bertz CT molecular complexity index is 1100. The fraction of sp³-hybridized carbons (Fsp3) is 0.278. The molecule has 0 amide bonds. The standard InChI is InChI=1S/C18H20BrN3O4S2/c19-14-6-4-8-16(12-14)27(23,24)21-15-7-5-9-17(13-15)28(25,26)22-18-10-2-1-3-11-20-18/h4-9,12-13,21H,1-3,10-11H2,(H,20,22). The second-order valence-corrected chi connectivity index (χ2v) is 10.6. The van der Waals surface area contributed by atoms with Gasteiger partial charge in [-0.15, -0.1) is 0 Å². The number of rotatable bonds is 5. The molecule has 1 heterocycles. The molecule has 1 aliphatic rings. The molecular weight excluding hydrogens is 466 g/mol. The van der Waals surface area contributed by atoms with Crippen LogP contribution < -0.4 is 9.44 Å². The van der Waals surface area contributed by atoms with Crippen molar-refractivity contribution in [2.24, 2.45) is 4.99 Å². The van der Waals surface area contributed by atoms with Crippen LogP contribution in [0.5, 0.6) is 0 Å². The molecule has 0 aromatic heterocycles. The summed E-state index contributed by atoms with van der Waals surface area (Å²) in [6.07, 6.45) is 3.42. The number of sulfonamides is 2. The summed E-state index contributed by atoms with van der Waals surface area (Å²) < 4.78 is 56.0. The van der Waals surface area contributed by atoms with Crippen LogP contribution in [0.1, 0.15) is 25.7 Å². The lowest BCUT2D eigenvalue weighted by atomic mass is 10.2. The van der Waals surface area contributed by atoms with Crippen LogP contribution in [-0.2, 0) is 20.0 Å². The normalized spacial score (nSPS) is 15.4. The first kappa shape index (κ1) is 20.8. The minimum Gasteiger partial charge on any atom is -0.280 e. The molecule has 7 nitrogen and oxygen atoms in total. The summed E-state index contributed by atoms with van der Waals surface area (Å²) in [5.74, 6) is 0.442. The van der Waals surface area contributed by atoms with Crippen LogP contribution in [-0.4, -0.2) is 29.2 Å². The predicted molar refractivity (Wildman–Crippen MR) is 112 cm³/mol. The van der Waals surface area contributed by atoms with E-state index in [0.717, 1.165) is 19.3 Å². The molecule has 1 aliphatic heterocycles. The molecule has 2 aromatic rings. The van der Waals surface area contributed by atoms with Gasteiger partial charge in [0, 0.05) is 17.4 Å². The van der Waals surface area contributed by atoms with Crippen LogP contribution in [0.2, 0.25) is 0 Å². The lowest BCUT2D eigenvalue weighted by Crippen LogP contribution is -2.30. The Morgan fingerprint density at radius 1 is 0.821 bits per heavy atom. The van der Waals surface area contributed by atoms with E-state index in [2.05, 4.69) is 30.4 Å². The average molecular weight is 486 g/mol. The molecule has 0 aliphatic carbocycles. The number of benzene rings is 2. The first-order valence-electron chi connectivity index (χ1n) is 8.71. The van der Waals surface area contributed by atoms with Crippen molar-refractivity contribution in [3.8, 4) is 0 Å². The summed E-state index contributed by atoms with van der Waals surface area (Å²) in [6.45, 7) is 0.602. The molecule has 2 N–H and O–H groups in total. The molecule has 0 unspecified atom stereocenters. The van der Waals surface area contributed by atoms with Gasteiger partial charge in [-0.2, -0.15) is 0 Å². The van der Waals surface area contributed by atoms with Crippen LogP contribution in [0.3, 0.4) is 0 Å². The summed E-state index contributed by atoms with van der Waals surface area (Å²) >= 11 is 3.24. The molecule has 0 saturated heterocycles. The number of hydrogen-bond acceptors (Lipinski definition) is 5. The van der Waals surface area contributed by atoms with Crippen LogP contribution in [0.25, 0.3) is 0 Å². The number of amidine groups is 1. The van der Waals surface area contributed by atoms with E-state index in [0.29, 0.717) is 23.3 Å². The smallest absolute Gasteiger partial charge is 0.262 e. The van der Waals surface area contributed by atoms with E-state index < -0.39 is 20.0 Å². The lowest BCUT2D eigenvalue weighted by Gasteiger charge is -2.12. The molecule has 0 atom stereocenters. The fourth-order valence-corrected chi connectivity index (χ4v) is 5.53. The van der Waals surface area contributed by atoms with Crippen LogP contribution in [0, 0.1) is 0 Å². The van der Waals surface area contributed by atoms with E-state index in [1.54, 1.807) is 12.1 Å². The molecule has 0 fully saturated rings. The minimum atomic E-state index is -3.85. The molecule has 150 valence electrons. The number of aliphatic imine (C=N–C) groups is 1. The zero-order valence-electron chi connectivity index (χ0n) is 14.9. The lowest BCUT2D eigenvalue weighted by molar-refractivity contribution is 0.591. The van der Waals surface area contributed by atoms with E-state index in [1.807, 2.05) is 0 Å². The Hall–Kier alpha value is -1.91. The van der Waals surface area contributed by atoms with E-state index in [4.69, 9.17) is 0 Å². The van der Waals surface area contributed by atoms with Crippen molar-refractivity contribution in [2.45, 2.75) is 35.5 Å². The third-order valence-corrected chi connectivity index (χ3v) is 7.38. The Labute approximate surface area is 173 Å². The first-order chi connectivity index (χ1) is 13.3. The molecule has 0 bridgehead atoms. The summed E-state index contributed by atoms with van der Waals surface area (Å²) in [5.41, 5.74) is 0.158. The number of halogens is 1. The SMILES string of the molecule is O=S(=O)(NC1=NCCCCC1)c1cccc(NS(=O)(=O)c2cccc(Br)c2)c1. The number of hydrogen-bond donors (Lipinski definition) is 2. The Morgan fingerprint density at radius 2 is 1.50 bits per heavy atom. The van der Waals surface area contributed by atoms with Crippen molar-refractivity contribution in [1.29, 1.82) is 0 Å². The highest BCUT2D eigenvalue weighted by molar-refractivity contribution is 9.10. The van der Waals surface area contributed by atoms with Crippen molar-refractivity contribution < 1.29 is 16.8 Å². The van der Waals surface area contributed by atoms with E-state index in [-0.39, 0.29) is 15.5 Å². The summed E-state index contributed by atoms with van der Waals surface area (Å²) in [5, 5.41) is 0. The number of nitrogens with zero attached hydrogens (tertiary/aromatic N) is 1. The Kier molecular flexibility index (Phi) is 6.41. The molecule has 10 heteroatoms. The van der Waals surface area contributed by atoms with Gasteiger partial charge in [0.1, 0.15) is 5.84 Å². The van der Waals surface area contributed by atoms with E-state index in [1.165, 1.54) is 36.4 Å². The van der Waals surface area contributed by atoms with Crippen molar-refractivity contribution in [3.63, 3.8) is 0 Å². The predicted octanol–water partition coefficient (Wildman–Crippen LogP) is 3.50. The first-order valence-corrected chi connectivity index (χ1v) is 12.5. The molecule has 3 rings (SSSR count). The molecule has 28 heavy (non-hydrogen) atoms. The Balaban J connectivity index is 1.82. The maximum Gasteiger partial charge on any atom is 0.262 e. The average Bonchev–Trinajstić information content (AvgIpc) is 2.90. The zero-order valence-corrected chi connectivity index (χ0v) is 18.1. The quantitative estimate of drug-likeness (QED) is 0.675. The van der Waals surface area contributed by atoms with Gasteiger partial charge in [-0.1, -0.05) is 34.5 Å². The third-order valence-electron chi connectivity index (χ3n) is 4.13. The monoisotopic (exact) mass is 485 g/mol. The highest BCUT2D eigenvalue weighted by atomic mass is 79.9. The third kappa shape index (κ3) is 5.33. The van der Waals surface area contributed by atoms with Gasteiger partial charge in [0.15, 0.2) is 0 Å². The fourth-order valence-electron chi connectivity index (χ4n) is 2.75. The second-order valence-electron chi connectivity index (χ2n) is 6.34. The Morgan fingerprint density at radius 3 is 2.25 bits per heavy atom. The van der Waals surface area contributed by atoms with E-state index >= 15 is 0 Å². The van der Waals surface area contributed by atoms with Gasteiger partial charge in [0.2, 0.25) is 0 Å². The molecule has 2 aromatic carbocycles. The van der Waals surface area contributed by atoms with E-state index in [9.17, 15) is 16.8 Å². The van der Waals surface area contributed by atoms with Crippen molar-refractivity contribution >= 4 is 47.5 Å². The number of nitrogens with one attached hydrogen (secondary N) is 2. The van der Waals surface area contributed by atoms with Gasteiger partial charge in [-0.3, -0.25) is 14.4 Å². The molecule has 0 radical (unpaired) electrons. The van der Waals surface area contributed by atoms with Gasteiger partial charge in [-0.05, 0) is 49.2 Å². The van der Waals surface area contributed by atoms with Gasteiger partial charge in [-0.25, -0.2) is 16.8 Å². The van der Waals surface area contributed by atoms with Gasteiger partial charge < -0.3 is 0 Å². The van der Waals surface area contributed by atoms with Gasteiger partial charge >= 0.3 is 0 Å². The van der Waals surface area contributed by atoms with Gasteiger partial charge in [0.25, 0.3) is 20.0 Å². The highest BCUT2D eigenvalue weighted by Gasteiger charge is 2.19. The molecular formula is C18H20BrN3O4S2. The van der Waals surface area contributed by atoms with Crippen LogP contribution in [0.4, 0.5) is 5.69 Å².